The minimum atomic E-state index is -0.159. The van der Waals surface area contributed by atoms with Gasteiger partial charge in [0.25, 0.3) is 0 Å². The average molecular weight is 234 g/mol. The standard InChI is InChI=1S/C14H19FN2/c1-8(2)17-6-11-12(7-17)14(11)10-4-13(15)9(3)16-5-10/h4-5,8,11-12,14H,6-7H2,1-3H3. The molecule has 0 amide bonds. The molecule has 17 heavy (non-hydrogen) atoms. The molecule has 92 valence electrons. The second kappa shape index (κ2) is 3.77. The molecule has 1 aromatic rings. The first-order valence-electron chi connectivity index (χ1n) is 6.44. The molecule has 0 aromatic carbocycles. The summed E-state index contributed by atoms with van der Waals surface area (Å²) in [4.78, 5) is 6.65. The minimum absolute atomic E-state index is 0.159. The third kappa shape index (κ3) is 1.77. The summed E-state index contributed by atoms with van der Waals surface area (Å²) in [5.74, 6) is 1.88. The Morgan fingerprint density at radius 3 is 2.53 bits per heavy atom. The summed E-state index contributed by atoms with van der Waals surface area (Å²) >= 11 is 0. The quantitative estimate of drug-likeness (QED) is 0.782. The van der Waals surface area contributed by atoms with Crippen molar-refractivity contribution in [2.45, 2.75) is 32.7 Å². The molecule has 1 saturated carbocycles. The first-order valence-corrected chi connectivity index (χ1v) is 6.44. The van der Waals surface area contributed by atoms with E-state index in [-0.39, 0.29) is 5.82 Å². The summed E-state index contributed by atoms with van der Waals surface area (Å²) < 4.78 is 13.5. The largest absolute Gasteiger partial charge is 0.300 e. The Morgan fingerprint density at radius 1 is 1.35 bits per heavy atom. The highest BCUT2D eigenvalue weighted by atomic mass is 19.1. The normalized spacial score (nSPS) is 31.9. The van der Waals surface area contributed by atoms with Crippen molar-refractivity contribution >= 4 is 0 Å². The topological polar surface area (TPSA) is 16.1 Å². The van der Waals surface area contributed by atoms with Gasteiger partial charge in [-0.05, 0) is 50.2 Å². The molecule has 0 spiro atoms. The van der Waals surface area contributed by atoms with Gasteiger partial charge in [-0.3, -0.25) is 4.98 Å². The molecule has 3 heteroatoms. The number of likely N-dealkylation sites (tertiary alicyclic amines) is 1. The summed E-state index contributed by atoms with van der Waals surface area (Å²) in [5.41, 5.74) is 1.61. The number of halogens is 1. The number of aryl methyl sites for hydroxylation is 1. The number of hydrogen-bond donors (Lipinski definition) is 0. The van der Waals surface area contributed by atoms with Crippen LogP contribution in [0.2, 0.25) is 0 Å². The van der Waals surface area contributed by atoms with Crippen molar-refractivity contribution in [3.8, 4) is 0 Å². The van der Waals surface area contributed by atoms with E-state index in [4.69, 9.17) is 0 Å². The van der Waals surface area contributed by atoms with E-state index in [0.717, 1.165) is 17.4 Å². The summed E-state index contributed by atoms with van der Waals surface area (Å²) in [6.45, 7) is 8.54. The van der Waals surface area contributed by atoms with Crippen molar-refractivity contribution in [3.63, 3.8) is 0 Å². The minimum Gasteiger partial charge on any atom is -0.300 e. The van der Waals surface area contributed by atoms with E-state index in [0.29, 0.717) is 17.7 Å². The SMILES string of the molecule is Cc1ncc(C2C3CN(C(C)C)CC32)cc1F. The number of rotatable bonds is 2. The molecule has 0 radical (unpaired) electrons. The maximum Gasteiger partial charge on any atom is 0.144 e. The smallest absolute Gasteiger partial charge is 0.144 e. The lowest BCUT2D eigenvalue weighted by atomic mass is 10.1. The summed E-state index contributed by atoms with van der Waals surface area (Å²) in [5, 5.41) is 0. The van der Waals surface area contributed by atoms with Gasteiger partial charge in [-0.2, -0.15) is 0 Å². The Morgan fingerprint density at radius 2 is 2.00 bits per heavy atom. The van der Waals surface area contributed by atoms with Crippen LogP contribution in [0.4, 0.5) is 4.39 Å². The van der Waals surface area contributed by atoms with Crippen molar-refractivity contribution in [2.75, 3.05) is 13.1 Å². The Bertz CT molecular complexity index is 432. The lowest BCUT2D eigenvalue weighted by molar-refractivity contribution is 0.243. The zero-order chi connectivity index (χ0) is 12.2. The van der Waals surface area contributed by atoms with Crippen LogP contribution in [-0.4, -0.2) is 29.0 Å². The van der Waals surface area contributed by atoms with Gasteiger partial charge >= 0.3 is 0 Å². The van der Waals surface area contributed by atoms with Gasteiger partial charge in [0.1, 0.15) is 5.82 Å². The van der Waals surface area contributed by atoms with E-state index in [1.807, 2.05) is 6.20 Å². The van der Waals surface area contributed by atoms with Gasteiger partial charge in [0.15, 0.2) is 0 Å². The molecular formula is C14H19FN2. The number of pyridine rings is 1. The Balaban J connectivity index is 1.72. The van der Waals surface area contributed by atoms with Crippen LogP contribution in [0.3, 0.4) is 0 Å². The van der Waals surface area contributed by atoms with Gasteiger partial charge < -0.3 is 4.90 Å². The number of aromatic nitrogens is 1. The van der Waals surface area contributed by atoms with Gasteiger partial charge in [-0.15, -0.1) is 0 Å². The van der Waals surface area contributed by atoms with E-state index in [9.17, 15) is 4.39 Å². The van der Waals surface area contributed by atoms with Crippen molar-refractivity contribution in [2.24, 2.45) is 11.8 Å². The molecule has 2 nitrogen and oxygen atoms in total. The van der Waals surface area contributed by atoms with Crippen molar-refractivity contribution in [3.05, 3.63) is 29.3 Å². The zero-order valence-corrected chi connectivity index (χ0v) is 10.7. The fourth-order valence-electron chi connectivity index (χ4n) is 3.18. The molecule has 1 aromatic heterocycles. The third-order valence-electron chi connectivity index (χ3n) is 4.38. The Hall–Kier alpha value is -0.960. The molecule has 1 aliphatic heterocycles. The van der Waals surface area contributed by atoms with E-state index in [1.54, 1.807) is 13.0 Å². The molecule has 1 aliphatic carbocycles. The van der Waals surface area contributed by atoms with Gasteiger partial charge in [0.05, 0.1) is 5.69 Å². The molecule has 2 aliphatic rings. The predicted octanol–water partition coefficient (Wildman–Crippen LogP) is 2.58. The molecule has 2 heterocycles. The van der Waals surface area contributed by atoms with Gasteiger partial charge in [-0.25, -0.2) is 4.39 Å². The van der Waals surface area contributed by atoms with Crippen molar-refractivity contribution in [1.29, 1.82) is 0 Å². The van der Waals surface area contributed by atoms with Gasteiger partial charge in [-0.1, -0.05) is 0 Å². The van der Waals surface area contributed by atoms with E-state index in [2.05, 4.69) is 23.7 Å². The van der Waals surface area contributed by atoms with Crippen LogP contribution in [0, 0.1) is 24.6 Å². The molecule has 2 fully saturated rings. The molecule has 0 bridgehead atoms. The molecule has 0 N–H and O–H groups in total. The van der Waals surface area contributed by atoms with Crippen LogP contribution in [0.5, 0.6) is 0 Å². The maximum atomic E-state index is 13.5. The Kier molecular flexibility index (Phi) is 2.47. The fraction of sp³-hybridized carbons (Fsp3) is 0.643. The van der Waals surface area contributed by atoms with Crippen LogP contribution in [0.15, 0.2) is 12.3 Å². The van der Waals surface area contributed by atoms with E-state index in [1.165, 1.54) is 13.1 Å². The number of fused-ring (bicyclic) bond motifs is 1. The fourth-order valence-corrected chi connectivity index (χ4v) is 3.18. The van der Waals surface area contributed by atoms with Gasteiger partial charge in [0, 0.05) is 25.3 Å². The summed E-state index contributed by atoms with van der Waals surface area (Å²) in [6, 6.07) is 2.32. The van der Waals surface area contributed by atoms with Crippen molar-refractivity contribution < 1.29 is 4.39 Å². The third-order valence-corrected chi connectivity index (χ3v) is 4.38. The Labute approximate surface area is 102 Å². The lowest BCUT2D eigenvalue weighted by Crippen LogP contribution is -2.31. The van der Waals surface area contributed by atoms with Crippen LogP contribution in [0.1, 0.15) is 31.0 Å². The van der Waals surface area contributed by atoms with Crippen LogP contribution in [-0.2, 0) is 0 Å². The molecule has 3 rings (SSSR count). The molecular weight excluding hydrogens is 215 g/mol. The zero-order valence-electron chi connectivity index (χ0n) is 10.7. The summed E-state index contributed by atoms with van der Waals surface area (Å²) in [6.07, 6.45) is 1.86. The molecule has 2 unspecified atom stereocenters. The lowest BCUT2D eigenvalue weighted by Gasteiger charge is -2.23. The first-order chi connectivity index (χ1) is 8.08. The van der Waals surface area contributed by atoms with Crippen molar-refractivity contribution in [1.82, 2.24) is 9.88 Å². The van der Waals surface area contributed by atoms with E-state index < -0.39 is 0 Å². The maximum absolute atomic E-state index is 13.5. The predicted molar refractivity (Wildman–Crippen MR) is 65.4 cm³/mol. The second-order valence-electron chi connectivity index (χ2n) is 5.74. The average Bonchev–Trinajstić information content (AvgIpc) is 2.77. The van der Waals surface area contributed by atoms with Gasteiger partial charge in [0.2, 0.25) is 0 Å². The van der Waals surface area contributed by atoms with Crippen LogP contribution >= 0.6 is 0 Å². The number of piperidine rings is 1. The first kappa shape index (κ1) is 11.1. The molecule has 2 atom stereocenters. The second-order valence-corrected chi connectivity index (χ2v) is 5.74. The molecule has 1 saturated heterocycles. The number of hydrogen-bond acceptors (Lipinski definition) is 2. The van der Waals surface area contributed by atoms with E-state index >= 15 is 0 Å². The summed E-state index contributed by atoms with van der Waals surface area (Å²) in [7, 11) is 0. The van der Waals surface area contributed by atoms with Crippen LogP contribution < -0.4 is 0 Å². The highest BCUT2D eigenvalue weighted by Gasteiger charge is 2.56. The highest BCUT2D eigenvalue weighted by Crippen LogP contribution is 2.58. The monoisotopic (exact) mass is 234 g/mol. The van der Waals surface area contributed by atoms with Crippen LogP contribution in [0.25, 0.3) is 0 Å². The number of nitrogens with zero attached hydrogens (tertiary/aromatic N) is 2. The highest BCUT2D eigenvalue weighted by molar-refractivity contribution is 5.30.